The summed E-state index contributed by atoms with van der Waals surface area (Å²) >= 11 is 5.97. The topological polar surface area (TPSA) is 59.0 Å². The van der Waals surface area contributed by atoms with Crippen LogP contribution in [0.1, 0.15) is 12.8 Å². The molecule has 1 aromatic rings. The van der Waals surface area contributed by atoms with E-state index in [1.54, 1.807) is 17.0 Å². The molecule has 0 aromatic heterocycles. The number of aliphatic hydroxyl groups excluding tert-OH is 1. The van der Waals surface area contributed by atoms with Gasteiger partial charge < -0.3 is 19.5 Å². The Morgan fingerprint density at radius 1 is 1.33 bits per heavy atom. The molecule has 0 saturated carbocycles. The van der Waals surface area contributed by atoms with Crippen molar-refractivity contribution in [2.75, 3.05) is 32.9 Å². The molecular formula is C15H20ClNO4. The number of para-hydroxylation sites is 1. The molecule has 0 unspecified atom stereocenters. The minimum absolute atomic E-state index is 0.00804. The van der Waals surface area contributed by atoms with Gasteiger partial charge >= 0.3 is 0 Å². The molecule has 5 nitrogen and oxygen atoms in total. The van der Waals surface area contributed by atoms with Crippen LogP contribution >= 0.6 is 11.6 Å². The molecule has 2 rings (SSSR count). The second kappa shape index (κ2) is 8.22. The highest BCUT2D eigenvalue weighted by Gasteiger charge is 2.23. The van der Waals surface area contributed by atoms with Gasteiger partial charge in [-0.25, -0.2) is 0 Å². The average Bonchev–Trinajstić information content (AvgIpc) is 2.52. The first-order valence-corrected chi connectivity index (χ1v) is 7.46. The Hall–Kier alpha value is -1.30. The fourth-order valence-electron chi connectivity index (χ4n) is 2.28. The zero-order valence-corrected chi connectivity index (χ0v) is 12.6. The Morgan fingerprint density at radius 3 is 2.71 bits per heavy atom. The van der Waals surface area contributed by atoms with E-state index in [0.29, 0.717) is 30.5 Å². The number of carbonyl (C=O) groups is 1. The predicted molar refractivity (Wildman–Crippen MR) is 79.6 cm³/mol. The van der Waals surface area contributed by atoms with Crippen LogP contribution in [0, 0.1) is 0 Å². The summed E-state index contributed by atoms with van der Waals surface area (Å²) in [7, 11) is 0. The molecule has 0 spiro atoms. The lowest BCUT2D eigenvalue weighted by Crippen LogP contribution is -2.43. The molecule has 0 atom stereocenters. The molecule has 0 radical (unpaired) electrons. The largest absolute Gasteiger partial charge is 0.482 e. The molecule has 0 aliphatic carbocycles. The Kier molecular flexibility index (Phi) is 6.29. The van der Waals surface area contributed by atoms with Gasteiger partial charge in [-0.3, -0.25) is 4.79 Å². The van der Waals surface area contributed by atoms with Gasteiger partial charge in [0.15, 0.2) is 6.61 Å². The summed E-state index contributed by atoms with van der Waals surface area (Å²) < 4.78 is 10.9. The zero-order chi connectivity index (χ0) is 15.1. The summed E-state index contributed by atoms with van der Waals surface area (Å²) in [4.78, 5) is 13.9. The van der Waals surface area contributed by atoms with Gasteiger partial charge in [0, 0.05) is 13.1 Å². The Bertz CT molecular complexity index is 461. The van der Waals surface area contributed by atoms with Crippen molar-refractivity contribution in [3.8, 4) is 5.75 Å². The van der Waals surface area contributed by atoms with E-state index in [9.17, 15) is 4.79 Å². The minimum Gasteiger partial charge on any atom is -0.482 e. The van der Waals surface area contributed by atoms with Crippen LogP contribution in [0.25, 0.3) is 0 Å². The summed E-state index contributed by atoms with van der Waals surface area (Å²) in [6, 6.07) is 7.10. The van der Waals surface area contributed by atoms with Crippen LogP contribution < -0.4 is 4.74 Å². The first kappa shape index (κ1) is 16.1. The second-order valence-corrected chi connectivity index (χ2v) is 5.30. The summed E-state index contributed by atoms with van der Waals surface area (Å²) in [6.07, 6.45) is 1.71. The van der Waals surface area contributed by atoms with E-state index in [-0.39, 0.29) is 25.2 Å². The summed E-state index contributed by atoms with van der Waals surface area (Å²) in [5, 5.41) is 9.22. The van der Waals surface area contributed by atoms with Crippen molar-refractivity contribution in [2.24, 2.45) is 0 Å². The number of halogens is 1. The molecule has 1 N–H and O–H groups in total. The van der Waals surface area contributed by atoms with Crippen molar-refractivity contribution < 1.29 is 19.4 Å². The number of aliphatic hydroxyl groups is 1. The van der Waals surface area contributed by atoms with Crippen LogP contribution in [0.15, 0.2) is 24.3 Å². The van der Waals surface area contributed by atoms with Crippen molar-refractivity contribution in [3.63, 3.8) is 0 Å². The van der Waals surface area contributed by atoms with Gasteiger partial charge in [0.05, 0.1) is 24.3 Å². The molecule has 1 fully saturated rings. The van der Waals surface area contributed by atoms with Crippen LogP contribution in [0.4, 0.5) is 0 Å². The van der Waals surface area contributed by atoms with Crippen LogP contribution in [0.3, 0.4) is 0 Å². The first-order valence-electron chi connectivity index (χ1n) is 7.08. The second-order valence-electron chi connectivity index (χ2n) is 4.89. The monoisotopic (exact) mass is 313 g/mol. The van der Waals surface area contributed by atoms with E-state index in [2.05, 4.69) is 0 Å². The fourth-order valence-corrected chi connectivity index (χ4v) is 2.47. The highest BCUT2D eigenvalue weighted by Crippen LogP contribution is 2.23. The highest BCUT2D eigenvalue weighted by atomic mass is 35.5. The van der Waals surface area contributed by atoms with Gasteiger partial charge in [0.2, 0.25) is 0 Å². The van der Waals surface area contributed by atoms with Crippen LogP contribution in [-0.4, -0.2) is 54.9 Å². The molecule has 1 amide bonds. The van der Waals surface area contributed by atoms with Gasteiger partial charge in [0.25, 0.3) is 5.91 Å². The third-order valence-electron chi connectivity index (χ3n) is 3.43. The molecule has 21 heavy (non-hydrogen) atoms. The smallest absolute Gasteiger partial charge is 0.260 e. The summed E-state index contributed by atoms with van der Waals surface area (Å²) in [5.74, 6) is 0.476. The summed E-state index contributed by atoms with van der Waals surface area (Å²) in [6.45, 7) is 1.69. The molecule has 116 valence electrons. The van der Waals surface area contributed by atoms with Crippen LogP contribution in [0.5, 0.6) is 5.75 Å². The molecule has 6 heteroatoms. The standard InChI is InChI=1S/C15H20ClNO4/c16-13-3-1-2-4-14(13)21-11-15(19)17-7-5-12(6-8-17)20-10-9-18/h1-4,12,18H,5-11H2. The van der Waals surface area contributed by atoms with Crippen molar-refractivity contribution >= 4 is 17.5 Å². The lowest BCUT2D eigenvalue weighted by atomic mass is 10.1. The minimum atomic E-state index is -0.0458. The van der Waals surface area contributed by atoms with Gasteiger partial charge in [-0.2, -0.15) is 0 Å². The lowest BCUT2D eigenvalue weighted by Gasteiger charge is -2.31. The molecule has 1 aromatic carbocycles. The van der Waals surface area contributed by atoms with Crippen molar-refractivity contribution in [3.05, 3.63) is 29.3 Å². The zero-order valence-electron chi connectivity index (χ0n) is 11.8. The SMILES string of the molecule is O=C(COc1ccccc1Cl)N1CCC(OCCO)CC1. The lowest BCUT2D eigenvalue weighted by molar-refractivity contribution is -0.136. The maximum atomic E-state index is 12.1. The van der Waals surface area contributed by atoms with Crippen molar-refractivity contribution in [1.82, 2.24) is 4.90 Å². The number of hydrogen-bond donors (Lipinski definition) is 1. The van der Waals surface area contributed by atoms with Gasteiger partial charge in [0.1, 0.15) is 5.75 Å². The number of nitrogens with zero attached hydrogens (tertiary/aromatic N) is 1. The van der Waals surface area contributed by atoms with E-state index in [1.165, 1.54) is 0 Å². The number of carbonyl (C=O) groups excluding carboxylic acids is 1. The number of hydrogen-bond acceptors (Lipinski definition) is 4. The number of likely N-dealkylation sites (tertiary alicyclic amines) is 1. The van der Waals surface area contributed by atoms with E-state index in [0.717, 1.165) is 12.8 Å². The average molecular weight is 314 g/mol. The normalized spacial score (nSPS) is 16.0. The Labute approximate surface area is 129 Å². The molecular weight excluding hydrogens is 294 g/mol. The van der Waals surface area contributed by atoms with E-state index in [4.69, 9.17) is 26.2 Å². The number of benzene rings is 1. The van der Waals surface area contributed by atoms with Gasteiger partial charge in [-0.1, -0.05) is 23.7 Å². The quantitative estimate of drug-likeness (QED) is 0.869. The Balaban J connectivity index is 1.74. The molecule has 1 aliphatic rings. The van der Waals surface area contributed by atoms with Crippen molar-refractivity contribution in [2.45, 2.75) is 18.9 Å². The number of ether oxygens (including phenoxy) is 2. The Morgan fingerprint density at radius 2 is 2.05 bits per heavy atom. The van der Waals surface area contributed by atoms with E-state index >= 15 is 0 Å². The highest BCUT2D eigenvalue weighted by molar-refractivity contribution is 6.32. The molecule has 1 saturated heterocycles. The number of rotatable bonds is 6. The maximum absolute atomic E-state index is 12.1. The molecule has 1 heterocycles. The predicted octanol–water partition coefficient (Wildman–Crippen LogP) is 1.72. The molecule has 1 aliphatic heterocycles. The van der Waals surface area contributed by atoms with Crippen LogP contribution in [-0.2, 0) is 9.53 Å². The number of piperidine rings is 1. The molecule has 0 bridgehead atoms. The summed E-state index contributed by atoms with van der Waals surface area (Å²) in [5.41, 5.74) is 0. The van der Waals surface area contributed by atoms with Gasteiger partial charge in [-0.05, 0) is 25.0 Å². The van der Waals surface area contributed by atoms with Gasteiger partial charge in [-0.15, -0.1) is 0 Å². The van der Waals surface area contributed by atoms with Crippen molar-refractivity contribution in [1.29, 1.82) is 0 Å². The van der Waals surface area contributed by atoms with E-state index in [1.807, 2.05) is 12.1 Å². The first-order chi connectivity index (χ1) is 10.2. The third kappa shape index (κ3) is 4.88. The third-order valence-corrected chi connectivity index (χ3v) is 3.74. The fraction of sp³-hybridized carbons (Fsp3) is 0.533. The number of amides is 1. The maximum Gasteiger partial charge on any atom is 0.260 e. The van der Waals surface area contributed by atoms with Crippen LogP contribution in [0.2, 0.25) is 5.02 Å². The van der Waals surface area contributed by atoms with E-state index < -0.39 is 0 Å².